The van der Waals surface area contributed by atoms with Crippen molar-refractivity contribution < 1.29 is 0 Å². The molecule has 1 unspecified atom stereocenters. The van der Waals surface area contributed by atoms with Gasteiger partial charge in [0.15, 0.2) is 0 Å². The molecule has 3 heteroatoms. The van der Waals surface area contributed by atoms with Gasteiger partial charge in [-0.15, -0.1) is 11.3 Å². The summed E-state index contributed by atoms with van der Waals surface area (Å²) in [5.74, 6) is 0.631. The molecule has 0 saturated carbocycles. The van der Waals surface area contributed by atoms with Gasteiger partial charge in [-0.2, -0.15) is 0 Å². The number of nitrogens with two attached hydrogens (primary N) is 1. The largest absolute Gasteiger partial charge is 0.330 e. The van der Waals surface area contributed by atoms with Gasteiger partial charge in [0.25, 0.3) is 0 Å². The molecule has 1 aromatic heterocycles. The Balaban J connectivity index is 2.48. The predicted octanol–water partition coefficient (Wildman–Crippen LogP) is 2.38. The fraction of sp³-hybridized carbons (Fsp3) is 0.636. The van der Waals surface area contributed by atoms with Gasteiger partial charge in [0.1, 0.15) is 0 Å². The highest BCUT2D eigenvalue weighted by molar-refractivity contribution is 7.10. The predicted molar refractivity (Wildman–Crippen MR) is 63.6 cm³/mol. The Morgan fingerprint density at radius 1 is 1.50 bits per heavy atom. The van der Waals surface area contributed by atoms with Crippen molar-refractivity contribution in [3.63, 3.8) is 0 Å². The second kappa shape index (κ2) is 6.17. The van der Waals surface area contributed by atoms with E-state index in [9.17, 15) is 0 Å². The van der Waals surface area contributed by atoms with Crippen molar-refractivity contribution in [3.05, 3.63) is 22.4 Å². The molecule has 0 aromatic carbocycles. The van der Waals surface area contributed by atoms with Crippen molar-refractivity contribution in [1.82, 2.24) is 5.32 Å². The summed E-state index contributed by atoms with van der Waals surface area (Å²) in [5.41, 5.74) is 5.47. The molecular formula is C11H20N2S. The van der Waals surface area contributed by atoms with Gasteiger partial charge in [0, 0.05) is 10.9 Å². The van der Waals surface area contributed by atoms with Crippen LogP contribution in [0.4, 0.5) is 0 Å². The molecule has 1 heterocycles. The molecule has 2 nitrogen and oxygen atoms in total. The summed E-state index contributed by atoms with van der Waals surface area (Å²) in [6.07, 6.45) is 1.05. The van der Waals surface area contributed by atoms with Crippen LogP contribution in [-0.4, -0.2) is 13.1 Å². The molecule has 0 spiro atoms. The van der Waals surface area contributed by atoms with E-state index >= 15 is 0 Å². The molecule has 3 N–H and O–H groups in total. The van der Waals surface area contributed by atoms with Crippen molar-refractivity contribution in [2.75, 3.05) is 13.1 Å². The van der Waals surface area contributed by atoms with Crippen LogP contribution in [0.5, 0.6) is 0 Å². The van der Waals surface area contributed by atoms with E-state index in [1.54, 1.807) is 0 Å². The van der Waals surface area contributed by atoms with E-state index < -0.39 is 0 Å². The smallest absolute Gasteiger partial charge is 0.0438 e. The maximum atomic E-state index is 5.47. The topological polar surface area (TPSA) is 38.0 Å². The lowest BCUT2D eigenvalue weighted by molar-refractivity contribution is 0.416. The quantitative estimate of drug-likeness (QED) is 0.711. The van der Waals surface area contributed by atoms with Crippen molar-refractivity contribution in [3.8, 4) is 0 Å². The number of thiophene rings is 1. The van der Waals surface area contributed by atoms with Crippen molar-refractivity contribution >= 4 is 11.3 Å². The fourth-order valence-corrected chi connectivity index (χ4v) is 2.47. The third-order valence-electron chi connectivity index (χ3n) is 2.26. The highest BCUT2D eigenvalue weighted by Crippen LogP contribution is 2.25. The molecule has 0 bridgehead atoms. The summed E-state index contributed by atoms with van der Waals surface area (Å²) in [5, 5.41) is 5.69. The summed E-state index contributed by atoms with van der Waals surface area (Å²) in [7, 11) is 0. The van der Waals surface area contributed by atoms with E-state index in [2.05, 4.69) is 36.7 Å². The molecular weight excluding hydrogens is 192 g/mol. The first-order valence-electron chi connectivity index (χ1n) is 5.22. The molecule has 1 atom stereocenters. The van der Waals surface area contributed by atoms with Gasteiger partial charge in [-0.25, -0.2) is 0 Å². The van der Waals surface area contributed by atoms with Crippen LogP contribution in [0.2, 0.25) is 0 Å². The lowest BCUT2D eigenvalue weighted by Crippen LogP contribution is -2.27. The van der Waals surface area contributed by atoms with Crippen LogP contribution in [0, 0.1) is 5.92 Å². The van der Waals surface area contributed by atoms with Gasteiger partial charge >= 0.3 is 0 Å². The van der Waals surface area contributed by atoms with Crippen LogP contribution >= 0.6 is 11.3 Å². The van der Waals surface area contributed by atoms with Crippen LogP contribution in [0.15, 0.2) is 17.5 Å². The Morgan fingerprint density at radius 3 is 2.79 bits per heavy atom. The summed E-state index contributed by atoms with van der Waals surface area (Å²) in [6, 6.07) is 4.80. The molecule has 14 heavy (non-hydrogen) atoms. The number of rotatable bonds is 6. The maximum absolute atomic E-state index is 5.47. The zero-order valence-electron chi connectivity index (χ0n) is 8.99. The van der Waals surface area contributed by atoms with Crippen molar-refractivity contribution in [1.29, 1.82) is 0 Å². The maximum Gasteiger partial charge on any atom is 0.0438 e. The highest BCUT2D eigenvalue weighted by atomic mass is 32.1. The zero-order valence-corrected chi connectivity index (χ0v) is 9.81. The third-order valence-corrected chi connectivity index (χ3v) is 3.22. The first-order chi connectivity index (χ1) is 6.75. The fourth-order valence-electron chi connectivity index (χ4n) is 1.49. The van der Waals surface area contributed by atoms with E-state index in [0.29, 0.717) is 12.0 Å². The lowest BCUT2D eigenvalue weighted by Gasteiger charge is -2.21. The Morgan fingerprint density at radius 2 is 2.29 bits per heavy atom. The third kappa shape index (κ3) is 3.40. The molecule has 1 aromatic rings. The molecule has 80 valence electrons. The minimum atomic E-state index is 0.488. The van der Waals surface area contributed by atoms with Gasteiger partial charge in [0.2, 0.25) is 0 Å². The summed E-state index contributed by atoms with van der Waals surface area (Å²) >= 11 is 1.82. The van der Waals surface area contributed by atoms with Crippen LogP contribution < -0.4 is 11.1 Å². The van der Waals surface area contributed by atoms with Gasteiger partial charge in [-0.3, -0.25) is 0 Å². The first kappa shape index (κ1) is 11.7. The first-order valence-corrected chi connectivity index (χ1v) is 6.10. The van der Waals surface area contributed by atoms with E-state index in [1.807, 2.05) is 11.3 Å². The van der Waals surface area contributed by atoms with E-state index in [1.165, 1.54) is 4.88 Å². The summed E-state index contributed by atoms with van der Waals surface area (Å²) in [6.45, 7) is 6.28. The average molecular weight is 212 g/mol. The summed E-state index contributed by atoms with van der Waals surface area (Å²) < 4.78 is 0. The van der Waals surface area contributed by atoms with E-state index in [-0.39, 0.29) is 0 Å². The van der Waals surface area contributed by atoms with Gasteiger partial charge in [0.05, 0.1) is 0 Å². The standard InChI is InChI=1S/C11H20N2S/c1-9(2)11(13-7-4-6-12)10-5-3-8-14-10/h3,5,8-9,11,13H,4,6-7,12H2,1-2H3. The molecule has 1 rings (SSSR count). The average Bonchev–Trinajstić information content (AvgIpc) is 2.64. The van der Waals surface area contributed by atoms with Crippen molar-refractivity contribution in [2.45, 2.75) is 26.3 Å². The molecule has 0 aliphatic carbocycles. The normalized spacial score (nSPS) is 13.4. The van der Waals surface area contributed by atoms with Crippen LogP contribution in [0.1, 0.15) is 31.2 Å². The number of nitrogens with one attached hydrogen (secondary N) is 1. The van der Waals surface area contributed by atoms with Crippen LogP contribution in [0.25, 0.3) is 0 Å². The molecule has 0 aliphatic rings. The highest BCUT2D eigenvalue weighted by Gasteiger charge is 2.15. The Hall–Kier alpha value is -0.380. The van der Waals surface area contributed by atoms with E-state index in [4.69, 9.17) is 5.73 Å². The number of hydrogen-bond acceptors (Lipinski definition) is 3. The number of hydrogen-bond donors (Lipinski definition) is 2. The Labute approximate surface area is 90.5 Å². The lowest BCUT2D eigenvalue weighted by atomic mass is 10.0. The van der Waals surface area contributed by atoms with Gasteiger partial charge in [-0.1, -0.05) is 19.9 Å². The molecule has 0 aliphatic heterocycles. The minimum absolute atomic E-state index is 0.488. The monoisotopic (exact) mass is 212 g/mol. The van der Waals surface area contributed by atoms with Crippen LogP contribution in [-0.2, 0) is 0 Å². The SMILES string of the molecule is CC(C)C(NCCCN)c1cccs1. The minimum Gasteiger partial charge on any atom is -0.330 e. The molecule has 0 radical (unpaired) electrons. The second-order valence-electron chi connectivity index (χ2n) is 3.83. The van der Waals surface area contributed by atoms with Gasteiger partial charge < -0.3 is 11.1 Å². The van der Waals surface area contributed by atoms with Crippen LogP contribution in [0.3, 0.4) is 0 Å². The molecule has 0 amide bonds. The Bertz CT molecular complexity index is 231. The second-order valence-corrected chi connectivity index (χ2v) is 4.81. The van der Waals surface area contributed by atoms with Gasteiger partial charge in [-0.05, 0) is 36.9 Å². The molecule has 0 fully saturated rings. The van der Waals surface area contributed by atoms with Crippen molar-refractivity contribution in [2.24, 2.45) is 11.7 Å². The zero-order chi connectivity index (χ0) is 10.4. The Kier molecular flexibility index (Phi) is 5.15. The summed E-state index contributed by atoms with van der Waals surface area (Å²) in [4.78, 5) is 1.43. The van der Waals surface area contributed by atoms with E-state index in [0.717, 1.165) is 19.5 Å². The molecule has 0 saturated heterocycles.